The van der Waals surface area contributed by atoms with Crippen molar-refractivity contribution < 1.29 is 13.9 Å². The van der Waals surface area contributed by atoms with E-state index in [0.717, 1.165) is 77.1 Å². The molecule has 40 heavy (non-hydrogen) atoms. The molecule has 4 atom stereocenters. The van der Waals surface area contributed by atoms with Gasteiger partial charge in [0.05, 0.1) is 24.2 Å². The zero-order valence-electron chi connectivity index (χ0n) is 24.6. The van der Waals surface area contributed by atoms with Gasteiger partial charge in [0.2, 0.25) is 0 Å². The van der Waals surface area contributed by atoms with E-state index in [1.54, 1.807) is 16.3 Å². The highest BCUT2D eigenvalue weighted by molar-refractivity contribution is 5.91. The Kier molecular flexibility index (Phi) is 8.35. The fourth-order valence-corrected chi connectivity index (χ4v) is 6.17. The second-order valence-corrected chi connectivity index (χ2v) is 11.1. The van der Waals surface area contributed by atoms with Gasteiger partial charge in [-0.2, -0.15) is 10.2 Å². The molecule has 0 bridgehead atoms. The Morgan fingerprint density at radius 1 is 1.10 bits per heavy atom. The molecule has 0 aromatic carbocycles. The number of hydrogen-bond donors (Lipinski definition) is 0. The first-order chi connectivity index (χ1) is 19.3. The molecule has 5 rings (SSSR count). The molecular weight excluding hydrogens is 502 g/mol. The second-order valence-electron chi connectivity index (χ2n) is 11.1. The van der Waals surface area contributed by atoms with Gasteiger partial charge in [-0.15, -0.1) is 0 Å². The van der Waals surface area contributed by atoms with Crippen molar-refractivity contribution in [3.63, 3.8) is 0 Å². The van der Waals surface area contributed by atoms with E-state index < -0.39 is 0 Å². The lowest BCUT2D eigenvalue weighted by Gasteiger charge is -2.34. The van der Waals surface area contributed by atoms with Gasteiger partial charge in [0.1, 0.15) is 17.1 Å². The van der Waals surface area contributed by atoms with E-state index in [4.69, 9.17) is 14.1 Å². The molecule has 1 aliphatic rings. The van der Waals surface area contributed by atoms with Crippen molar-refractivity contribution in [2.75, 3.05) is 6.61 Å². The average molecular weight is 544 g/mol. The highest BCUT2D eigenvalue weighted by Gasteiger charge is 2.34. The minimum Gasteiger partial charge on any atom is -0.454 e. The van der Waals surface area contributed by atoms with Gasteiger partial charge in [-0.3, -0.25) is 14.2 Å². The number of hydrogen-bond acceptors (Lipinski definition) is 6. The zero-order valence-corrected chi connectivity index (χ0v) is 24.6. The molecule has 4 aromatic rings. The van der Waals surface area contributed by atoms with Crippen LogP contribution in [0.5, 0.6) is 0 Å². The first-order valence-electron chi connectivity index (χ1n) is 14.6. The smallest absolute Gasteiger partial charge is 0.153 e. The lowest BCUT2D eigenvalue weighted by Crippen LogP contribution is -2.29. The maximum atomic E-state index is 12.6. The van der Waals surface area contributed by atoms with Crippen molar-refractivity contribution in [1.29, 1.82) is 0 Å². The van der Waals surface area contributed by atoms with Gasteiger partial charge in [-0.25, -0.2) is 4.98 Å². The summed E-state index contributed by atoms with van der Waals surface area (Å²) in [4.78, 5) is 17.8. The van der Waals surface area contributed by atoms with Crippen LogP contribution >= 0.6 is 0 Å². The van der Waals surface area contributed by atoms with Gasteiger partial charge in [-0.05, 0) is 63.0 Å². The SMILES string of the molecule is CCC1CC(C(CC)c2c(C(=CC(CC)C(C)=O)c3cnn(C)c3)oc3ccc(-c4cnn(C)c4)nc23)CCO1. The number of carbonyl (C=O) groups excluding carboxylic acids is 1. The van der Waals surface area contributed by atoms with E-state index in [1.165, 1.54) is 0 Å². The van der Waals surface area contributed by atoms with Crippen LogP contribution in [-0.2, 0) is 23.6 Å². The third-order valence-electron chi connectivity index (χ3n) is 8.40. The summed E-state index contributed by atoms with van der Waals surface area (Å²) in [6.45, 7) is 8.94. The van der Waals surface area contributed by atoms with Gasteiger partial charge in [-0.1, -0.05) is 26.8 Å². The largest absolute Gasteiger partial charge is 0.454 e. The van der Waals surface area contributed by atoms with Gasteiger partial charge in [0.25, 0.3) is 0 Å². The lowest BCUT2D eigenvalue weighted by molar-refractivity contribution is -0.119. The number of allylic oxidation sites excluding steroid dienone is 1. The lowest BCUT2D eigenvalue weighted by atomic mass is 9.76. The van der Waals surface area contributed by atoms with Gasteiger partial charge in [0, 0.05) is 61.3 Å². The first kappa shape index (κ1) is 28.0. The average Bonchev–Trinajstić information content (AvgIpc) is 3.68. The molecule has 1 saturated heterocycles. The van der Waals surface area contributed by atoms with E-state index >= 15 is 0 Å². The number of pyridine rings is 1. The number of carbonyl (C=O) groups is 1. The summed E-state index contributed by atoms with van der Waals surface area (Å²) in [5.41, 5.74) is 6.43. The quantitative estimate of drug-likeness (QED) is 0.221. The van der Waals surface area contributed by atoms with E-state index in [2.05, 4.69) is 30.1 Å². The molecule has 4 unspecified atom stereocenters. The zero-order chi connectivity index (χ0) is 28.4. The fraction of sp³-hybridized carbons (Fsp3) is 0.500. The molecule has 0 N–H and O–H groups in total. The van der Waals surface area contributed by atoms with Crippen molar-refractivity contribution in [3.05, 3.63) is 59.9 Å². The molecule has 5 heterocycles. The third kappa shape index (κ3) is 5.55. The number of furan rings is 1. The van der Waals surface area contributed by atoms with E-state index in [-0.39, 0.29) is 23.7 Å². The molecule has 4 aromatic heterocycles. The highest BCUT2D eigenvalue weighted by Crippen LogP contribution is 2.45. The van der Waals surface area contributed by atoms with Crippen LogP contribution < -0.4 is 0 Å². The Labute approximate surface area is 236 Å². The Bertz CT molecular complexity index is 1510. The Morgan fingerprint density at radius 2 is 1.88 bits per heavy atom. The van der Waals surface area contributed by atoms with Crippen molar-refractivity contribution in [2.24, 2.45) is 25.9 Å². The number of ether oxygens (including phenoxy) is 1. The molecule has 8 heteroatoms. The van der Waals surface area contributed by atoms with Crippen LogP contribution in [0.2, 0.25) is 0 Å². The Morgan fingerprint density at radius 3 is 2.50 bits per heavy atom. The number of aromatic nitrogens is 5. The molecule has 0 saturated carbocycles. The molecule has 0 spiro atoms. The molecular formula is C32H41N5O3. The van der Waals surface area contributed by atoms with Crippen LogP contribution in [0.25, 0.3) is 27.9 Å². The second kappa shape index (κ2) is 11.9. The van der Waals surface area contributed by atoms with Gasteiger partial charge in [0.15, 0.2) is 5.58 Å². The normalized spacial score (nSPS) is 19.7. The number of ketones is 1. The summed E-state index contributed by atoms with van der Waals surface area (Å²) in [6, 6.07) is 4.02. The topological polar surface area (TPSA) is 88.0 Å². The summed E-state index contributed by atoms with van der Waals surface area (Å²) in [6.07, 6.45) is 14.7. The number of fused-ring (bicyclic) bond motifs is 1. The molecule has 0 aliphatic carbocycles. The predicted molar refractivity (Wildman–Crippen MR) is 157 cm³/mol. The number of aryl methyl sites for hydroxylation is 2. The minimum absolute atomic E-state index is 0.140. The summed E-state index contributed by atoms with van der Waals surface area (Å²) in [5.74, 6) is 1.38. The maximum Gasteiger partial charge on any atom is 0.153 e. The minimum atomic E-state index is -0.220. The van der Waals surface area contributed by atoms with Gasteiger partial charge < -0.3 is 9.15 Å². The van der Waals surface area contributed by atoms with Crippen molar-refractivity contribution >= 4 is 22.5 Å². The fourth-order valence-electron chi connectivity index (χ4n) is 6.17. The van der Waals surface area contributed by atoms with Crippen LogP contribution in [0.15, 0.2) is 47.4 Å². The molecule has 1 fully saturated rings. The van der Waals surface area contributed by atoms with E-state index in [1.807, 2.05) is 57.9 Å². The van der Waals surface area contributed by atoms with Crippen molar-refractivity contribution in [2.45, 2.75) is 71.8 Å². The monoisotopic (exact) mass is 543 g/mol. The van der Waals surface area contributed by atoms with Crippen LogP contribution in [-0.4, -0.2) is 43.0 Å². The highest BCUT2D eigenvalue weighted by atomic mass is 16.5. The standard InChI is InChI=1S/C32H41N5O3/c1-7-21(20(4)38)15-27(23-16-33-36(5)18-23)32-30(26(9-3)22-12-13-39-25(8-2)14-22)31-29(40-32)11-10-28(35-31)24-17-34-37(6)19-24/h10-11,15-19,21-22,25-26H,7-9,12-14H2,1-6H3. The number of Topliss-reactive ketones (excluding diaryl/α,β-unsaturated/α-hetero) is 1. The number of nitrogens with zero attached hydrogens (tertiary/aromatic N) is 5. The first-order valence-corrected chi connectivity index (χ1v) is 14.6. The summed E-state index contributed by atoms with van der Waals surface area (Å²) in [5, 5.41) is 8.83. The van der Waals surface area contributed by atoms with Crippen LogP contribution in [0.1, 0.15) is 82.6 Å². The van der Waals surface area contributed by atoms with Crippen LogP contribution in [0.3, 0.4) is 0 Å². The Hall–Kier alpha value is -3.52. The Balaban J connectivity index is 1.76. The molecule has 0 radical (unpaired) electrons. The summed E-state index contributed by atoms with van der Waals surface area (Å²) in [7, 11) is 3.82. The van der Waals surface area contributed by atoms with E-state index in [0.29, 0.717) is 12.3 Å². The van der Waals surface area contributed by atoms with Crippen molar-refractivity contribution in [3.8, 4) is 11.3 Å². The molecule has 0 amide bonds. The van der Waals surface area contributed by atoms with Crippen LogP contribution in [0.4, 0.5) is 0 Å². The number of rotatable bonds is 10. The van der Waals surface area contributed by atoms with Gasteiger partial charge >= 0.3 is 0 Å². The molecule has 1 aliphatic heterocycles. The summed E-state index contributed by atoms with van der Waals surface area (Å²) >= 11 is 0. The molecule has 212 valence electrons. The third-order valence-corrected chi connectivity index (χ3v) is 8.40. The van der Waals surface area contributed by atoms with Crippen molar-refractivity contribution in [1.82, 2.24) is 24.5 Å². The predicted octanol–water partition coefficient (Wildman–Crippen LogP) is 6.71. The summed E-state index contributed by atoms with van der Waals surface area (Å²) < 4.78 is 16.4. The van der Waals surface area contributed by atoms with Crippen LogP contribution in [0, 0.1) is 11.8 Å². The van der Waals surface area contributed by atoms with E-state index in [9.17, 15) is 4.79 Å². The maximum absolute atomic E-state index is 12.6. The molecule has 8 nitrogen and oxygen atoms in total.